The minimum atomic E-state index is -0.377. The minimum Gasteiger partial charge on any atom is -0.390 e. The van der Waals surface area contributed by atoms with E-state index in [1.165, 1.54) is 30.4 Å². The van der Waals surface area contributed by atoms with E-state index >= 15 is 0 Å². The molecule has 0 saturated carbocycles. The molecule has 1 N–H and O–H groups in total. The first-order chi connectivity index (χ1) is 9.76. The van der Waals surface area contributed by atoms with Gasteiger partial charge in [0, 0.05) is 0 Å². The molecule has 1 aliphatic rings. The fourth-order valence-corrected chi connectivity index (χ4v) is 3.19. The van der Waals surface area contributed by atoms with Crippen molar-refractivity contribution < 1.29 is 9.84 Å². The van der Waals surface area contributed by atoms with E-state index in [4.69, 9.17) is 4.74 Å². The molecule has 2 heteroatoms. The van der Waals surface area contributed by atoms with Crippen molar-refractivity contribution in [1.82, 2.24) is 0 Å². The zero-order valence-corrected chi connectivity index (χ0v) is 12.8. The number of unbranched alkanes of at least 4 members (excludes halogenated alkanes) is 1. The molecule has 0 fully saturated rings. The highest BCUT2D eigenvalue weighted by Gasteiger charge is 2.28. The Morgan fingerprint density at radius 1 is 1.30 bits per heavy atom. The monoisotopic (exact) mass is 276 g/mol. The number of ether oxygens (including phenoxy) is 1. The van der Waals surface area contributed by atoms with Crippen molar-refractivity contribution in [3.05, 3.63) is 35.4 Å². The van der Waals surface area contributed by atoms with E-state index in [1.54, 1.807) is 0 Å². The Hall–Kier alpha value is -0.860. The summed E-state index contributed by atoms with van der Waals surface area (Å²) < 4.78 is 5.87. The molecule has 1 aliphatic heterocycles. The maximum Gasteiger partial charge on any atom is 0.109 e. The molecule has 0 amide bonds. The lowest BCUT2D eigenvalue weighted by Crippen LogP contribution is -2.28. The van der Waals surface area contributed by atoms with E-state index in [0.717, 1.165) is 25.9 Å². The summed E-state index contributed by atoms with van der Waals surface area (Å²) in [5.74, 6) is 0.614. The summed E-state index contributed by atoms with van der Waals surface area (Å²) in [6.07, 6.45) is 6.17. The maximum absolute atomic E-state index is 10.6. The molecule has 2 rings (SSSR count). The van der Waals surface area contributed by atoms with E-state index in [2.05, 4.69) is 32.0 Å². The average molecular weight is 276 g/mol. The van der Waals surface area contributed by atoms with Gasteiger partial charge in [-0.25, -0.2) is 0 Å². The highest BCUT2D eigenvalue weighted by molar-refractivity contribution is 5.31. The van der Waals surface area contributed by atoms with Crippen molar-refractivity contribution in [3.63, 3.8) is 0 Å². The zero-order chi connectivity index (χ0) is 14.4. The Balaban J connectivity index is 2.00. The van der Waals surface area contributed by atoms with Crippen LogP contribution < -0.4 is 0 Å². The number of aliphatic hydroxyl groups excluding tert-OH is 1. The van der Waals surface area contributed by atoms with Gasteiger partial charge in [-0.3, -0.25) is 0 Å². The molecule has 3 atom stereocenters. The molecular weight excluding hydrogens is 248 g/mol. The van der Waals surface area contributed by atoms with Gasteiger partial charge in [0.25, 0.3) is 0 Å². The first-order valence-electron chi connectivity index (χ1n) is 8.13. The van der Waals surface area contributed by atoms with Gasteiger partial charge in [-0.1, -0.05) is 63.8 Å². The van der Waals surface area contributed by atoms with Gasteiger partial charge in [-0.05, 0) is 29.9 Å². The number of benzene rings is 1. The van der Waals surface area contributed by atoms with Gasteiger partial charge in [-0.2, -0.15) is 0 Å². The first kappa shape index (κ1) is 15.5. The fraction of sp³-hybridized carbons (Fsp3) is 0.667. The quantitative estimate of drug-likeness (QED) is 0.806. The molecule has 2 nitrogen and oxygen atoms in total. The zero-order valence-electron chi connectivity index (χ0n) is 12.8. The molecule has 0 aliphatic carbocycles. The van der Waals surface area contributed by atoms with Crippen LogP contribution in [0.4, 0.5) is 0 Å². The van der Waals surface area contributed by atoms with Crippen molar-refractivity contribution in [1.29, 1.82) is 0 Å². The molecule has 0 radical (unpaired) electrons. The predicted octanol–water partition coefficient (Wildman–Crippen LogP) is 4.27. The van der Waals surface area contributed by atoms with Crippen molar-refractivity contribution >= 4 is 0 Å². The summed E-state index contributed by atoms with van der Waals surface area (Å²) in [5.41, 5.74) is 2.53. The summed E-state index contributed by atoms with van der Waals surface area (Å²) in [7, 11) is 0. The van der Waals surface area contributed by atoms with Gasteiger partial charge in [0.15, 0.2) is 0 Å². The standard InChI is InChI=1S/C18H28O2/c1-3-5-8-14(4-2)13-17(19)18-16-10-7-6-9-15(16)11-12-20-18/h6-7,9-10,14,17-19H,3-5,8,11-13H2,1-2H3. The van der Waals surface area contributed by atoms with E-state index in [0.29, 0.717) is 5.92 Å². The number of fused-ring (bicyclic) bond motifs is 1. The molecule has 0 bridgehead atoms. The SMILES string of the molecule is CCCCC(CC)CC(O)C1OCCc2ccccc21. The highest BCUT2D eigenvalue weighted by Crippen LogP contribution is 2.33. The number of aliphatic hydroxyl groups is 1. The Morgan fingerprint density at radius 2 is 2.10 bits per heavy atom. The first-order valence-corrected chi connectivity index (χ1v) is 8.13. The Labute approximate surface area is 123 Å². The van der Waals surface area contributed by atoms with Gasteiger partial charge in [-0.15, -0.1) is 0 Å². The van der Waals surface area contributed by atoms with E-state index in [1.807, 2.05) is 6.07 Å². The third-order valence-corrected chi connectivity index (χ3v) is 4.50. The molecular formula is C18H28O2. The summed E-state index contributed by atoms with van der Waals surface area (Å²) in [5, 5.41) is 10.6. The second-order valence-electron chi connectivity index (χ2n) is 5.96. The van der Waals surface area contributed by atoms with Gasteiger partial charge < -0.3 is 9.84 Å². The lowest BCUT2D eigenvalue weighted by molar-refractivity contribution is -0.0559. The van der Waals surface area contributed by atoms with Crippen LogP contribution in [0.5, 0.6) is 0 Å². The number of hydrogen-bond acceptors (Lipinski definition) is 2. The predicted molar refractivity (Wildman–Crippen MR) is 82.8 cm³/mol. The minimum absolute atomic E-state index is 0.129. The van der Waals surface area contributed by atoms with Crippen LogP contribution in [0, 0.1) is 5.92 Å². The molecule has 112 valence electrons. The smallest absolute Gasteiger partial charge is 0.109 e. The molecule has 1 aromatic carbocycles. The summed E-state index contributed by atoms with van der Waals surface area (Å²) in [6, 6.07) is 8.38. The maximum atomic E-state index is 10.6. The molecule has 0 saturated heterocycles. The summed E-state index contributed by atoms with van der Waals surface area (Å²) in [4.78, 5) is 0. The topological polar surface area (TPSA) is 29.5 Å². The fourth-order valence-electron chi connectivity index (χ4n) is 3.19. The van der Waals surface area contributed by atoms with Crippen molar-refractivity contribution in [2.24, 2.45) is 5.92 Å². The second-order valence-corrected chi connectivity index (χ2v) is 5.96. The molecule has 0 aromatic heterocycles. The van der Waals surface area contributed by atoms with Crippen LogP contribution in [-0.2, 0) is 11.2 Å². The summed E-state index contributed by atoms with van der Waals surface area (Å²) in [6.45, 7) is 5.18. The van der Waals surface area contributed by atoms with Crippen LogP contribution in [-0.4, -0.2) is 17.8 Å². The molecule has 3 unspecified atom stereocenters. The Bertz CT molecular complexity index is 402. The van der Waals surface area contributed by atoms with Crippen molar-refractivity contribution in [3.8, 4) is 0 Å². The molecule has 1 heterocycles. The van der Waals surface area contributed by atoms with E-state index in [-0.39, 0.29) is 12.2 Å². The van der Waals surface area contributed by atoms with Gasteiger partial charge in [0.1, 0.15) is 6.10 Å². The molecule has 20 heavy (non-hydrogen) atoms. The normalized spacial score (nSPS) is 21.2. The van der Waals surface area contributed by atoms with Gasteiger partial charge >= 0.3 is 0 Å². The van der Waals surface area contributed by atoms with E-state index < -0.39 is 0 Å². The van der Waals surface area contributed by atoms with Crippen LogP contribution in [0.3, 0.4) is 0 Å². The van der Waals surface area contributed by atoms with Gasteiger partial charge in [0.05, 0.1) is 12.7 Å². The van der Waals surface area contributed by atoms with Gasteiger partial charge in [0.2, 0.25) is 0 Å². The summed E-state index contributed by atoms with van der Waals surface area (Å²) >= 11 is 0. The largest absolute Gasteiger partial charge is 0.390 e. The average Bonchev–Trinajstić information content (AvgIpc) is 2.50. The Kier molecular flexibility index (Phi) is 6.06. The third-order valence-electron chi connectivity index (χ3n) is 4.50. The Morgan fingerprint density at radius 3 is 2.85 bits per heavy atom. The lowest BCUT2D eigenvalue weighted by Gasteiger charge is -2.31. The van der Waals surface area contributed by atoms with Crippen LogP contribution in [0.2, 0.25) is 0 Å². The van der Waals surface area contributed by atoms with Crippen LogP contribution in [0.15, 0.2) is 24.3 Å². The second kappa shape index (κ2) is 7.80. The highest BCUT2D eigenvalue weighted by atomic mass is 16.5. The third kappa shape index (κ3) is 3.83. The van der Waals surface area contributed by atoms with Crippen LogP contribution in [0.1, 0.15) is 63.2 Å². The van der Waals surface area contributed by atoms with Crippen molar-refractivity contribution in [2.75, 3.05) is 6.61 Å². The lowest BCUT2D eigenvalue weighted by atomic mass is 9.87. The van der Waals surface area contributed by atoms with E-state index in [9.17, 15) is 5.11 Å². The van der Waals surface area contributed by atoms with Crippen molar-refractivity contribution in [2.45, 2.75) is 64.6 Å². The number of rotatable bonds is 7. The molecule has 0 spiro atoms. The molecule has 1 aromatic rings. The van der Waals surface area contributed by atoms with Crippen LogP contribution in [0.25, 0.3) is 0 Å². The van der Waals surface area contributed by atoms with Crippen LogP contribution >= 0.6 is 0 Å². The number of hydrogen-bond donors (Lipinski definition) is 1.